The van der Waals surface area contributed by atoms with Gasteiger partial charge in [0.05, 0.1) is 0 Å². The molecule has 0 aromatic heterocycles. The van der Waals surface area contributed by atoms with Crippen molar-refractivity contribution < 1.29 is 27.4 Å². The van der Waals surface area contributed by atoms with E-state index in [1.54, 1.807) is 0 Å². The molecule has 0 atom stereocenters. The van der Waals surface area contributed by atoms with Gasteiger partial charge in [-0.1, -0.05) is 0 Å². The number of hydrogen-bond acceptors (Lipinski definition) is 6. The average molecular weight is 299 g/mol. The van der Waals surface area contributed by atoms with Gasteiger partial charge in [0, 0.05) is 45.2 Å². The summed E-state index contributed by atoms with van der Waals surface area (Å²) in [6, 6.07) is 0. The van der Waals surface area contributed by atoms with Gasteiger partial charge in [-0.3, -0.25) is 0 Å². The molecule has 0 spiro atoms. The van der Waals surface area contributed by atoms with Gasteiger partial charge >= 0.3 is 0 Å². The second kappa shape index (κ2) is 5.28. The van der Waals surface area contributed by atoms with Crippen LogP contribution in [0.5, 0.6) is 0 Å². The van der Waals surface area contributed by atoms with Crippen LogP contribution in [0.3, 0.4) is 0 Å². The predicted octanol–water partition coefficient (Wildman–Crippen LogP) is 0.987. The Balaban J connectivity index is 3.45. The Hall–Kier alpha value is -0.440. The number of ether oxygens (including phenoxy) is 4. The summed E-state index contributed by atoms with van der Waals surface area (Å²) >= 11 is 0. The van der Waals surface area contributed by atoms with Crippen molar-refractivity contribution in [1.29, 1.82) is 0 Å². The van der Waals surface area contributed by atoms with Gasteiger partial charge in [-0.05, 0) is 12.2 Å². The van der Waals surface area contributed by atoms with E-state index in [4.69, 9.17) is 29.6 Å². The van der Waals surface area contributed by atoms with Crippen molar-refractivity contribution in [2.45, 2.75) is 11.6 Å². The topological polar surface area (TPSA) is 71.1 Å². The van der Waals surface area contributed by atoms with Gasteiger partial charge in [-0.2, -0.15) is 0 Å². The van der Waals surface area contributed by atoms with E-state index in [1.165, 1.54) is 46.7 Å². The normalized spacial score (nSPS) is 21.7. The van der Waals surface area contributed by atoms with Crippen molar-refractivity contribution in [3.05, 3.63) is 23.1 Å². The van der Waals surface area contributed by atoms with Crippen LogP contribution >= 0.6 is 10.7 Å². The number of rotatable bonds is 5. The summed E-state index contributed by atoms with van der Waals surface area (Å²) < 4.78 is 43.7. The van der Waals surface area contributed by atoms with Crippen LogP contribution in [-0.4, -0.2) is 48.4 Å². The smallest absolute Gasteiger partial charge is 0.263 e. The lowest BCUT2D eigenvalue weighted by Gasteiger charge is -2.36. The first-order valence-corrected chi connectivity index (χ1v) is 7.19. The second-order valence-corrected chi connectivity index (χ2v) is 6.02. The molecule has 0 aromatic carbocycles. The van der Waals surface area contributed by atoms with Gasteiger partial charge in [0.1, 0.15) is 4.91 Å². The third-order valence-corrected chi connectivity index (χ3v) is 4.14. The highest BCUT2D eigenvalue weighted by Gasteiger charge is 2.46. The van der Waals surface area contributed by atoms with Crippen molar-refractivity contribution >= 4 is 19.7 Å². The van der Waals surface area contributed by atoms with E-state index in [-0.39, 0.29) is 4.91 Å². The molecule has 0 unspecified atom stereocenters. The standard InChI is InChI=1S/C10H15ClO6S/c1-14-9(15-2)5-6-10(16-3,17-4)8(7-9)18(11,12)13/h5-7H,1-4H3. The molecule has 0 bridgehead atoms. The van der Waals surface area contributed by atoms with E-state index in [2.05, 4.69) is 0 Å². The summed E-state index contributed by atoms with van der Waals surface area (Å²) in [6.07, 6.45) is 4.04. The zero-order valence-electron chi connectivity index (χ0n) is 10.5. The van der Waals surface area contributed by atoms with Crippen molar-refractivity contribution in [3.63, 3.8) is 0 Å². The highest BCUT2D eigenvalue weighted by Crippen LogP contribution is 2.38. The van der Waals surface area contributed by atoms with Crippen molar-refractivity contribution in [2.24, 2.45) is 0 Å². The lowest BCUT2D eigenvalue weighted by Crippen LogP contribution is -2.43. The van der Waals surface area contributed by atoms with Crippen LogP contribution in [0.15, 0.2) is 23.1 Å². The quantitative estimate of drug-likeness (QED) is 0.428. The largest absolute Gasteiger partial charge is 0.346 e. The van der Waals surface area contributed by atoms with Gasteiger partial charge in [-0.15, -0.1) is 0 Å². The number of methoxy groups -OCH3 is 4. The van der Waals surface area contributed by atoms with Crippen molar-refractivity contribution in [3.8, 4) is 0 Å². The maximum absolute atomic E-state index is 11.6. The van der Waals surface area contributed by atoms with E-state index in [1.807, 2.05) is 0 Å². The molecule has 104 valence electrons. The fourth-order valence-corrected chi connectivity index (χ4v) is 2.97. The third kappa shape index (κ3) is 2.61. The molecule has 18 heavy (non-hydrogen) atoms. The predicted molar refractivity (Wildman–Crippen MR) is 65.5 cm³/mol. The lowest BCUT2D eigenvalue weighted by atomic mass is 10.0. The number of hydrogen-bond donors (Lipinski definition) is 0. The minimum atomic E-state index is -4.08. The Kier molecular flexibility index (Phi) is 4.58. The van der Waals surface area contributed by atoms with Crippen molar-refractivity contribution in [1.82, 2.24) is 0 Å². The minimum absolute atomic E-state index is 0.298. The molecular formula is C10H15ClO6S. The zero-order chi connectivity index (χ0) is 14.0. The zero-order valence-corrected chi connectivity index (χ0v) is 12.0. The van der Waals surface area contributed by atoms with E-state index in [0.29, 0.717) is 0 Å². The Morgan fingerprint density at radius 3 is 1.83 bits per heavy atom. The van der Waals surface area contributed by atoms with Gasteiger partial charge in [0.2, 0.25) is 11.6 Å². The molecule has 6 nitrogen and oxygen atoms in total. The van der Waals surface area contributed by atoms with Crippen LogP contribution in [0, 0.1) is 0 Å². The Labute approximate surface area is 111 Å². The van der Waals surface area contributed by atoms with E-state index < -0.39 is 20.6 Å². The first-order valence-electron chi connectivity index (χ1n) is 4.88. The Morgan fingerprint density at radius 1 is 1.00 bits per heavy atom. The summed E-state index contributed by atoms with van der Waals surface area (Å²) in [7, 11) is 6.66. The summed E-state index contributed by atoms with van der Waals surface area (Å²) in [6.45, 7) is 0. The fourth-order valence-electron chi connectivity index (χ4n) is 1.64. The molecule has 0 amide bonds. The molecule has 0 radical (unpaired) electrons. The first kappa shape index (κ1) is 15.6. The van der Waals surface area contributed by atoms with Gasteiger partial charge < -0.3 is 18.9 Å². The van der Waals surface area contributed by atoms with E-state index >= 15 is 0 Å². The molecule has 0 fully saturated rings. The van der Waals surface area contributed by atoms with Crippen LogP contribution in [0.25, 0.3) is 0 Å². The van der Waals surface area contributed by atoms with Crippen LogP contribution in [0.2, 0.25) is 0 Å². The van der Waals surface area contributed by atoms with Crippen LogP contribution in [0.4, 0.5) is 0 Å². The molecule has 1 aliphatic carbocycles. The molecule has 0 heterocycles. The first-order chi connectivity index (χ1) is 8.29. The van der Waals surface area contributed by atoms with Crippen LogP contribution < -0.4 is 0 Å². The molecule has 1 rings (SSSR count). The Bertz CT molecular complexity index is 459. The molecule has 1 aliphatic rings. The SMILES string of the molecule is COC1(OC)C=CC(OC)(OC)C(S(=O)(=O)Cl)=C1. The van der Waals surface area contributed by atoms with Crippen LogP contribution in [0.1, 0.15) is 0 Å². The lowest BCUT2D eigenvalue weighted by molar-refractivity contribution is -0.162. The fraction of sp³-hybridized carbons (Fsp3) is 0.600. The molecule has 0 aromatic rings. The van der Waals surface area contributed by atoms with Crippen LogP contribution in [-0.2, 0) is 28.0 Å². The molecule has 0 saturated carbocycles. The van der Waals surface area contributed by atoms with E-state index in [9.17, 15) is 8.42 Å². The number of halogens is 1. The van der Waals surface area contributed by atoms with Crippen molar-refractivity contribution in [2.75, 3.05) is 28.4 Å². The summed E-state index contributed by atoms with van der Waals surface area (Å²) in [5.74, 6) is -2.90. The summed E-state index contributed by atoms with van der Waals surface area (Å²) in [4.78, 5) is -0.298. The molecular weight excluding hydrogens is 284 g/mol. The van der Waals surface area contributed by atoms with E-state index in [0.717, 1.165) is 0 Å². The molecule has 0 N–H and O–H groups in total. The summed E-state index contributed by atoms with van der Waals surface area (Å²) in [5.41, 5.74) is 0. The van der Waals surface area contributed by atoms with Gasteiger partial charge in [-0.25, -0.2) is 8.42 Å². The molecule has 0 saturated heterocycles. The third-order valence-electron chi connectivity index (χ3n) is 2.72. The highest BCUT2D eigenvalue weighted by atomic mass is 35.7. The minimum Gasteiger partial charge on any atom is -0.346 e. The summed E-state index contributed by atoms with van der Waals surface area (Å²) in [5, 5.41) is 0. The second-order valence-electron chi connectivity index (χ2n) is 3.49. The Morgan fingerprint density at radius 2 is 1.50 bits per heavy atom. The van der Waals surface area contributed by atoms with Gasteiger partial charge in [0.15, 0.2) is 0 Å². The average Bonchev–Trinajstić information content (AvgIpc) is 2.37. The maximum atomic E-state index is 11.6. The monoisotopic (exact) mass is 298 g/mol. The highest BCUT2D eigenvalue weighted by molar-refractivity contribution is 8.16. The molecule has 8 heteroatoms. The molecule has 0 aliphatic heterocycles. The maximum Gasteiger partial charge on any atom is 0.263 e. The van der Waals surface area contributed by atoms with Gasteiger partial charge in [0.25, 0.3) is 9.05 Å².